The maximum atomic E-state index is 8.96. The van der Waals surface area contributed by atoms with Crippen LogP contribution in [0, 0.1) is 11.3 Å². The molecular formula is C11H21NO. The van der Waals surface area contributed by atoms with Crippen molar-refractivity contribution in [2.45, 2.75) is 41.0 Å². The lowest BCUT2D eigenvalue weighted by atomic mass is 9.75. The molecule has 2 nitrogen and oxygen atoms in total. The summed E-state index contributed by atoms with van der Waals surface area (Å²) in [6, 6.07) is 0. The van der Waals surface area contributed by atoms with Crippen LogP contribution in [-0.2, 0) is 0 Å². The molecular weight excluding hydrogens is 162 g/mol. The summed E-state index contributed by atoms with van der Waals surface area (Å²) in [5, 5.41) is 12.4. The maximum absolute atomic E-state index is 8.96. The molecule has 76 valence electrons. The van der Waals surface area contributed by atoms with Crippen molar-refractivity contribution in [1.29, 1.82) is 0 Å². The van der Waals surface area contributed by atoms with E-state index in [4.69, 9.17) is 5.21 Å². The molecule has 0 aromatic heterocycles. The van der Waals surface area contributed by atoms with Crippen LogP contribution < -0.4 is 0 Å². The summed E-state index contributed by atoms with van der Waals surface area (Å²) in [6.07, 6.45) is 0.982. The number of nitrogens with zero attached hydrogens (tertiary/aromatic N) is 1. The second-order valence-electron chi connectivity index (χ2n) is 4.20. The first kappa shape index (κ1) is 12.2. The second kappa shape index (κ2) is 4.45. The third kappa shape index (κ3) is 2.58. The summed E-state index contributed by atoms with van der Waals surface area (Å²) in [4.78, 5) is 0. The molecule has 0 heterocycles. The summed E-state index contributed by atoms with van der Waals surface area (Å²) in [7, 11) is 0. The Morgan fingerprint density at radius 3 is 2.23 bits per heavy atom. The molecule has 0 aliphatic heterocycles. The Morgan fingerprint density at radius 2 is 2.00 bits per heavy atom. The van der Waals surface area contributed by atoms with Crippen LogP contribution in [0.4, 0.5) is 0 Å². The number of hydrogen-bond acceptors (Lipinski definition) is 2. The van der Waals surface area contributed by atoms with Crippen molar-refractivity contribution in [2.24, 2.45) is 16.5 Å². The fourth-order valence-electron chi connectivity index (χ4n) is 1.25. The zero-order valence-corrected chi connectivity index (χ0v) is 9.39. The first-order chi connectivity index (χ1) is 5.87. The van der Waals surface area contributed by atoms with Crippen molar-refractivity contribution in [3.05, 3.63) is 12.2 Å². The number of hydrogen-bond donors (Lipinski definition) is 1. The highest BCUT2D eigenvalue weighted by molar-refractivity contribution is 5.93. The highest BCUT2D eigenvalue weighted by Crippen LogP contribution is 2.30. The van der Waals surface area contributed by atoms with Crippen LogP contribution >= 0.6 is 0 Å². The van der Waals surface area contributed by atoms with Crippen LogP contribution in [0.1, 0.15) is 41.0 Å². The van der Waals surface area contributed by atoms with Gasteiger partial charge in [-0.3, -0.25) is 0 Å². The first-order valence-electron chi connectivity index (χ1n) is 4.76. The van der Waals surface area contributed by atoms with Crippen molar-refractivity contribution in [1.82, 2.24) is 0 Å². The SMILES string of the molecule is C=C(C)C(C)(C)/C(=N/O)C(C)CC. The number of rotatable bonds is 4. The zero-order valence-electron chi connectivity index (χ0n) is 9.39. The lowest BCUT2D eigenvalue weighted by Gasteiger charge is -2.29. The van der Waals surface area contributed by atoms with Gasteiger partial charge >= 0.3 is 0 Å². The van der Waals surface area contributed by atoms with Gasteiger partial charge in [0.1, 0.15) is 0 Å². The van der Waals surface area contributed by atoms with E-state index < -0.39 is 0 Å². The monoisotopic (exact) mass is 183 g/mol. The van der Waals surface area contributed by atoms with Gasteiger partial charge < -0.3 is 5.21 Å². The average molecular weight is 183 g/mol. The Labute approximate surface area is 81.3 Å². The topological polar surface area (TPSA) is 32.6 Å². The van der Waals surface area contributed by atoms with Crippen LogP contribution in [0.25, 0.3) is 0 Å². The van der Waals surface area contributed by atoms with Gasteiger partial charge in [0.15, 0.2) is 0 Å². The Kier molecular flexibility index (Phi) is 4.18. The predicted molar refractivity (Wildman–Crippen MR) is 57.3 cm³/mol. The minimum Gasteiger partial charge on any atom is -0.411 e. The van der Waals surface area contributed by atoms with E-state index in [2.05, 4.69) is 25.6 Å². The molecule has 0 saturated carbocycles. The van der Waals surface area contributed by atoms with Gasteiger partial charge in [-0.05, 0) is 19.3 Å². The van der Waals surface area contributed by atoms with Gasteiger partial charge in [0, 0.05) is 5.41 Å². The molecule has 0 aliphatic rings. The van der Waals surface area contributed by atoms with Crippen molar-refractivity contribution >= 4 is 5.71 Å². The van der Waals surface area contributed by atoms with E-state index in [1.54, 1.807) is 0 Å². The predicted octanol–water partition coefficient (Wildman–Crippen LogP) is 3.47. The molecule has 0 rings (SSSR count). The standard InChI is InChI=1S/C11H21NO/c1-7-9(4)10(12-13)11(5,6)8(2)3/h9,13H,2,7H2,1,3-6H3/b12-10+. The molecule has 0 aromatic rings. The van der Waals surface area contributed by atoms with Gasteiger partial charge in [-0.25, -0.2) is 0 Å². The lowest BCUT2D eigenvalue weighted by molar-refractivity contribution is 0.306. The molecule has 1 unspecified atom stereocenters. The Hall–Kier alpha value is -0.790. The minimum atomic E-state index is -0.204. The Bertz CT molecular complexity index is 216. The summed E-state index contributed by atoms with van der Waals surface area (Å²) < 4.78 is 0. The van der Waals surface area contributed by atoms with Crippen LogP contribution in [0.2, 0.25) is 0 Å². The normalized spacial score (nSPS) is 15.6. The summed E-state index contributed by atoms with van der Waals surface area (Å²) in [5.41, 5.74) is 1.65. The number of allylic oxidation sites excluding steroid dienone is 1. The molecule has 0 amide bonds. The van der Waals surface area contributed by atoms with E-state index in [1.807, 2.05) is 20.8 Å². The molecule has 0 aliphatic carbocycles. The van der Waals surface area contributed by atoms with Crippen LogP contribution in [0.5, 0.6) is 0 Å². The fraction of sp³-hybridized carbons (Fsp3) is 0.727. The van der Waals surface area contributed by atoms with Crippen molar-refractivity contribution in [3.63, 3.8) is 0 Å². The van der Waals surface area contributed by atoms with Gasteiger partial charge in [-0.15, -0.1) is 0 Å². The Morgan fingerprint density at radius 1 is 1.54 bits per heavy atom. The smallest absolute Gasteiger partial charge is 0.0694 e. The minimum absolute atomic E-state index is 0.204. The molecule has 1 N–H and O–H groups in total. The molecule has 0 aromatic carbocycles. The molecule has 0 saturated heterocycles. The fourth-order valence-corrected chi connectivity index (χ4v) is 1.25. The van der Waals surface area contributed by atoms with Crippen molar-refractivity contribution in [3.8, 4) is 0 Å². The summed E-state index contributed by atoms with van der Waals surface area (Å²) in [6.45, 7) is 14.1. The first-order valence-corrected chi connectivity index (χ1v) is 4.76. The highest BCUT2D eigenvalue weighted by Gasteiger charge is 2.29. The molecule has 2 heteroatoms. The quantitative estimate of drug-likeness (QED) is 0.308. The summed E-state index contributed by atoms with van der Waals surface area (Å²) >= 11 is 0. The van der Waals surface area contributed by atoms with Crippen LogP contribution in [-0.4, -0.2) is 10.9 Å². The van der Waals surface area contributed by atoms with E-state index in [-0.39, 0.29) is 5.41 Å². The van der Waals surface area contributed by atoms with Crippen LogP contribution in [0.3, 0.4) is 0 Å². The number of oxime groups is 1. The van der Waals surface area contributed by atoms with E-state index in [0.29, 0.717) is 5.92 Å². The van der Waals surface area contributed by atoms with E-state index in [9.17, 15) is 0 Å². The molecule has 1 atom stereocenters. The molecule has 0 radical (unpaired) electrons. The van der Waals surface area contributed by atoms with E-state index in [1.165, 1.54) is 0 Å². The van der Waals surface area contributed by atoms with Gasteiger partial charge in [-0.1, -0.05) is 45.0 Å². The van der Waals surface area contributed by atoms with E-state index in [0.717, 1.165) is 17.7 Å². The zero-order chi connectivity index (χ0) is 10.6. The second-order valence-corrected chi connectivity index (χ2v) is 4.20. The van der Waals surface area contributed by atoms with Crippen LogP contribution in [0.15, 0.2) is 17.3 Å². The van der Waals surface area contributed by atoms with E-state index >= 15 is 0 Å². The van der Waals surface area contributed by atoms with Gasteiger partial charge in [-0.2, -0.15) is 0 Å². The Balaban J connectivity index is 4.89. The molecule has 13 heavy (non-hydrogen) atoms. The molecule has 0 fully saturated rings. The lowest BCUT2D eigenvalue weighted by Crippen LogP contribution is -2.30. The molecule has 0 spiro atoms. The van der Waals surface area contributed by atoms with Gasteiger partial charge in [0.2, 0.25) is 0 Å². The van der Waals surface area contributed by atoms with Crippen molar-refractivity contribution < 1.29 is 5.21 Å². The largest absolute Gasteiger partial charge is 0.411 e. The third-order valence-electron chi connectivity index (χ3n) is 2.89. The average Bonchev–Trinajstić information content (AvgIpc) is 2.04. The van der Waals surface area contributed by atoms with Gasteiger partial charge in [0.25, 0.3) is 0 Å². The third-order valence-corrected chi connectivity index (χ3v) is 2.89. The highest BCUT2D eigenvalue weighted by atomic mass is 16.4. The van der Waals surface area contributed by atoms with Crippen molar-refractivity contribution in [2.75, 3.05) is 0 Å². The molecule has 0 bridgehead atoms. The van der Waals surface area contributed by atoms with Gasteiger partial charge in [0.05, 0.1) is 5.71 Å². The maximum Gasteiger partial charge on any atom is 0.0694 e. The summed E-state index contributed by atoms with van der Waals surface area (Å²) in [5.74, 6) is 0.302.